The minimum absolute atomic E-state index is 0.432. The first-order valence-corrected chi connectivity index (χ1v) is 7.06. The molecule has 1 atom stereocenters. The summed E-state index contributed by atoms with van der Waals surface area (Å²) in [5, 5.41) is 13.3. The Hall–Kier alpha value is -1.26. The highest BCUT2D eigenvalue weighted by atomic mass is 35.5. The maximum atomic E-state index is 11.4. The predicted molar refractivity (Wildman–Crippen MR) is 79.9 cm³/mol. The van der Waals surface area contributed by atoms with Crippen LogP contribution in [0.2, 0.25) is 5.02 Å². The third kappa shape index (κ3) is 6.78. The first-order valence-electron chi connectivity index (χ1n) is 6.68. The number of amides is 1. The van der Waals surface area contributed by atoms with Crippen LogP contribution < -0.4 is 5.32 Å². The van der Waals surface area contributed by atoms with Gasteiger partial charge in [0.2, 0.25) is 0 Å². The number of benzene rings is 1. The van der Waals surface area contributed by atoms with E-state index in [1.165, 1.54) is 0 Å². The van der Waals surface area contributed by atoms with Crippen LogP contribution in [-0.4, -0.2) is 23.3 Å². The zero-order valence-corrected chi connectivity index (χ0v) is 12.9. The average molecular weight is 300 g/mol. The molecular weight excluding hydrogens is 278 g/mol. The predicted octanol–water partition coefficient (Wildman–Crippen LogP) is 3.68. The van der Waals surface area contributed by atoms with E-state index < -0.39 is 17.8 Å². The standard InChI is InChI=1S/C15H22ClNO3/c1-15(2,3)20-14(19)17-10-4-5-13(18)11-6-8-12(16)9-7-11/h6-9,13,18H,4-5,10H2,1-3H3,(H,17,19). The number of nitrogens with one attached hydrogen (secondary N) is 1. The van der Waals surface area contributed by atoms with Gasteiger partial charge in [-0.2, -0.15) is 0 Å². The second-order valence-corrected chi connectivity index (χ2v) is 6.07. The summed E-state index contributed by atoms with van der Waals surface area (Å²) in [6.07, 6.45) is 0.256. The minimum Gasteiger partial charge on any atom is -0.444 e. The van der Waals surface area contributed by atoms with Gasteiger partial charge in [-0.05, 0) is 51.3 Å². The lowest BCUT2D eigenvalue weighted by Crippen LogP contribution is -2.33. The Morgan fingerprint density at radius 2 is 1.95 bits per heavy atom. The molecule has 0 radical (unpaired) electrons. The smallest absolute Gasteiger partial charge is 0.407 e. The van der Waals surface area contributed by atoms with Crippen LogP contribution in [0.5, 0.6) is 0 Å². The van der Waals surface area contributed by atoms with Crippen molar-refractivity contribution < 1.29 is 14.6 Å². The van der Waals surface area contributed by atoms with E-state index in [1.807, 2.05) is 20.8 Å². The van der Waals surface area contributed by atoms with Crippen molar-refractivity contribution in [2.75, 3.05) is 6.54 Å². The van der Waals surface area contributed by atoms with Crippen LogP contribution in [0, 0.1) is 0 Å². The third-order valence-electron chi connectivity index (χ3n) is 2.58. The second kappa shape index (κ2) is 7.50. The Balaban J connectivity index is 2.24. The lowest BCUT2D eigenvalue weighted by Gasteiger charge is -2.19. The summed E-state index contributed by atoms with van der Waals surface area (Å²) in [4.78, 5) is 11.4. The van der Waals surface area contributed by atoms with Crippen LogP contribution in [0.4, 0.5) is 4.79 Å². The monoisotopic (exact) mass is 299 g/mol. The summed E-state index contributed by atoms with van der Waals surface area (Å²) in [5.41, 5.74) is 0.332. The SMILES string of the molecule is CC(C)(C)OC(=O)NCCCC(O)c1ccc(Cl)cc1. The van der Waals surface area contributed by atoms with Crippen LogP contribution in [0.1, 0.15) is 45.3 Å². The molecule has 0 fully saturated rings. The molecule has 0 aliphatic rings. The average Bonchev–Trinajstić information content (AvgIpc) is 2.33. The number of carbonyl (C=O) groups excluding carboxylic acids is 1. The summed E-state index contributed by atoms with van der Waals surface area (Å²) in [7, 11) is 0. The molecule has 0 spiro atoms. The molecule has 1 unspecified atom stereocenters. The Labute approximate surface area is 125 Å². The molecule has 2 N–H and O–H groups in total. The number of halogens is 1. The molecule has 1 aromatic rings. The van der Waals surface area contributed by atoms with Gasteiger partial charge in [-0.15, -0.1) is 0 Å². The van der Waals surface area contributed by atoms with Gasteiger partial charge in [0, 0.05) is 11.6 Å². The fourth-order valence-electron chi connectivity index (χ4n) is 1.65. The molecule has 5 heteroatoms. The molecule has 112 valence electrons. The number of alkyl carbamates (subject to hydrolysis) is 1. The quantitative estimate of drug-likeness (QED) is 0.815. The van der Waals surface area contributed by atoms with Gasteiger partial charge in [-0.3, -0.25) is 0 Å². The van der Waals surface area contributed by atoms with E-state index in [0.29, 0.717) is 24.4 Å². The Kier molecular flexibility index (Phi) is 6.30. The topological polar surface area (TPSA) is 58.6 Å². The summed E-state index contributed by atoms with van der Waals surface area (Å²) in [6.45, 7) is 5.92. The zero-order chi connectivity index (χ0) is 15.2. The molecule has 0 saturated heterocycles. The van der Waals surface area contributed by atoms with Crippen molar-refractivity contribution in [3.05, 3.63) is 34.9 Å². The van der Waals surface area contributed by atoms with Crippen molar-refractivity contribution in [1.82, 2.24) is 5.32 Å². The maximum Gasteiger partial charge on any atom is 0.407 e. The summed E-state index contributed by atoms with van der Waals surface area (Å²) < 4.78 is 5.12. The van der Waals surface area contributed by atoms with Gasteiger partial charge in [0.1, 0.15) is 5.60 Å². The highest BCUT2D eigenvalue weighted by Crippen LogP contribution is 2.20. The van der Waals surface area contributed by atoms with Crippen LogP contribution in [0.3, 0.4) is 0 Å². The first-order chi connectivity index (χ1) is 9.28. The number of carbonyl (C=O) groups is 1. The van der Waals surface area contributed by atoms with Crippen LogP contribution in [-0.2, 0) is 4.74 Å². The van der Waals surface area contributed by atoms with Gasteiger partial charge in [-0.1, -0.05) is 23.7 Å². The number of aliphatic hydroxyl groups is 1. The molecule has 0 aliphatic heterocycles. The van der Waals surface area contributed by atoms with Gasteiger partial charge >= 0.3 is 6.09 Å². The summed E-state index contributed by atoms with van der Waals surface area (Å²) in [5.74, 6) is 0. The van der Waals surface area contributed by atoms with Crippen LogP contribution in [0.15, 0.2) is 24.3 Å². The Bertz CT molecular complexity index is 426. The lowest BCUT2D eigenvalue weighted by atomic mass is 10.1. The van der Waals surface area contributed by atoms with Crippen molar-refractivity contribution in [1.29, 1.82) is 0 Å². The highest BCUT2D eigenvalue weighted by Gasteiger charge is 2.15. The molecule has 0 bridgehead atoms. The van der Waals surface area contributed by atoms with Gasteiger partial charge in [0.15, 0.2) is 0 Å². The maximum absolute atomic E-state index is 11.4. The molecule has 1 rings (SSSR count). The molecule has 0 aromatic heterocycles. The summed E-state index contributed by atoms with van der Waals surface area (Å²) in [6, 6.07) is 7.10. The number of aliphatic hydroxyl groups excluding tert-OH is 1. The fourth-order valence-corrected chi connectivity index (χ4v) is 1.78. The van der Waals surface area contributed by atoms with E-state index in [1.54, 1.807) is 24.3 Å². The molecular formula is C15H22ClNO3. The van der Waals surface area contributed by atoms with Crippen molar-refractivity contribution in [3.8, 4) is 0 Å². The lowest BCUT2D eigenvalue weighted by molar-refractivity contribution is 0.0523. The summed E-state index contributed by atoms with van der Waals surface area (Å²) >= 11 is 5.79. The molecule has 0 aliphatic carbocycles. The van der Waals surface area contributed by atoms with Gasteiger partial charge in [0.05, 0.1) is 6.10 Å². The number of hydrogen-bond donors (Lipinski definition) is 2. The van der Waals surface area contributed by atoms with E-state index in [0.717, 1.165) is 5.56 Å². The van der Waals surface area contributed by atoms with Crippen molar-refractivity contribution in [2.45, 2.75) is 45.3 Å². The first kappa shape index (κ1) is 16.8. The molecule has 0 saturated carbocycles. The van der Waals surface area contributed by atoms with E-state index in [-0.39, 0.29) is 0 Å². The van der Waals surface area contributed by atoms with Gasteiger partial charge in [-0.25, -0.2) is 4.79 Å². The van der Waals surface area contributed by atoms with Crippen LogP contribution >= 0.6 is 11.6 Å². The Morgan fingerprint density at radius 3 is 2.50 bits per heavy atom. The second-order valence-electron chi connectivity index (χ2n) is 5.64. The molecule has 1 aromatic carbocycles. The molecule has 1 amide bonds. The minimum atomic E-state index is -0.548. The number of hydrogen-bond acceptors (Lipinski definition) is 3. The van der Waals surface area contributed by atoms with Crippen molar-refractivity contribution >= 4 is 17.7 Å². The van der Waals surface area contributed by atoms with E-state index >= 15 is 0 Å². The van der Waals surface area contributed by atoms with Gasteiger partial charge in [0.25, 0.3) is 0 Å². The van der Waals surface area contributed by atoms with E-state index in [2.05, 4.69) is 5.32 Å². The normalized spacial score (nSPS) is 12.8. The molecule has 4 nitrogen and oxygen atoms in total. The number of rotatable bonds is 5. The van der Waals surface area contributed by atoms with E-state index in [4.69, 9.17) is 16.3 Å². The highest BCUT2D eigenvalue weighted by molar-refractivity contribution is 6.30. The fraction of sp³-hybridized carbons (Fsp3) is 0.533. The van der Waals surface area contributed by atoms with E-state index in [9.17, 15) is 9.90 Å². The molecule has 0 heterocycles. The van der Waals surface area contributed by atoms with Crippen LogP contribution in [0.25, 0.3) is 0 Å². The van der Waals surface area contributed by atoms with Gasteiger partial charge < -0.3 is 15.2 Å². The van der Waals surface area contributed by atoms with Crippen molar-refractivity contribution in [2.24, 2.45) is 0 Å². The zero-order valence-electron chi connectivity index (χ0n) is 12.1. The third-order valence-corrected chi connectivity index (χ3v) is 2.83. The largest absolute Gasteiger partial charge is 0.444 e. The molecule has 20 heavy (non-hydrogen) atoms. The Morgan fingerprint density at radius 1 is 1.35 bits per heavy atom. The number of ether oxygens (including phenoxy) is 1. The van der Waals surface area contributed by atoms with Crippen molar-refractivity contribution in [3.63, 3.8) is 0 Å².